The molecular weight excluding hydrogens is 300 g/mol. The lowest BCUT2D eigenvalue weighted by Crippen LogP contribution is -2.37. The maximum atomic E-state index is 12.8. The van der Waals surface area contributed by atoms with Crippen molar-refractivity contribution in [3.8, 4) is 0 Å². The van der Waals surface area contributed by atoms with Crippen molar-refractivity contribution in [2.75, 3.05) is 17.3 Å². The van der Waals surface area contributed by atoms with Crippen molar-refractivity contribution in [1.82, 2.24) is 0 Å². The van der Waals surface area contributed by atoms with Crippen molar-refractivity contribution < 1.29 is 9.53 Å². The van der Waals surface area contributed by atoms with E-state index >= 15 is 0 Å². The molecule has 1 rings (SSSR count). The van der Waals surface area contributed by atoms with Gasteiger partial charge >= 0.3 is 5.97 Å². The van der Waals surface area contributed by atoms with Gasteiger partial charge in [0.25, 0.3) is 0 Å². The predicted molar refractivity (Wildman–Crippen MR) is 95.9 cm³/mol. The Labute approximate surface area is 139 Å². The standard InChI is InChI=1S/C17H32O2S2/c1-7-16(3,4)11-13(17(5,6)8-2)15(18)19-14-12-20-9-10-21-14/h13-14H,7-12H2,1-6H3. The summed E-state index contributed by atoms with van der Waals surface area (Å²) >= 11 is 3.68. The summed E-state index contributed by atoms with van der Waals surface area (Å²) in [5, 5.41) is 0. The van der Waals surface area contributed by atoms with Crippen LogP contribution in [-0.2, 0) is 9.53 Å². The van der Waals surface area contributed by atoms with Crippen molar-refractivity contribution in [1.29, 1.82) is 0 Å². The second-order valence-electron chi connectivity index (χ2n) is 7.43. The Kier molecular flexibility index (Phi) is 7.45. The largest absolute Gasteiger partial charge is 0.450 e. The molecule has 1 fully saturated rings. The number of hydrogen-bond donors (Lipinski definition) is 0. The summed E-state index contributed by atoms with van der Waals surface area (Å²) in [6, 6.07) is 0. The predicted octanol–water partition coefficient (Wildman–Crippen LogP) is 5.21. The molecule has 124 valence electrons. The summed E-state index contributed by atoms with van der Waals surface area (Å²) in [4.78, 5) is 12.8. The zero-order chi connectivity index (χ0) is 16.1. The van der Waals surface area contributed by atoms with Crippen LogP contribution >= 0.6 is 23.5 Å². The molecule has 21 heavy (non-hydrogen) atoms. The van der Waals surface area contributed by atoms with Gasteiger partial charge in [0.2, 0.25) is 0 Å². The van der Waals surface area contributed by atoms with Crippen molar-refractivity contribution in [2.45, 2.75) is 66.2 Å². The van der Waals surface area contributed by atoms with E-state index in [1.54, 1.807) is 11.8 Å². The van der Waals surface area contributed by atoms with Gasteiger partial charge in [-0.3, -0.25) is 4.79 Å². The van der Waals surface area contributed by atoms with Crippen LogP contribution in [0.2, 0.25) is 0 Å². The van der Waals surface area contributed by atoms with Crippen LogP contribution in [0.4, 0.5) is 0 Å². The Morgan fingerprint density at radius 2 is 1.86 bits per heavy atom. The first-order valence-electron chi connectivity index (χ1n) is 8.11. The fraction of sp³-hybridized carbons (Fsp3) is 0.941. The molecule has 1 saturated heterocycles. The molecule has 1 aliphatic rings. The van der Waals surface area contributed by atoms with E-state index in [0.717, 1.165) is 30.8 Å². The summed E-state index contributed by atoms with van der Waals surface area (Å²) in [5.74, 6) is 3.21. The molecule has 0 aromatic heterocycles. The minimum Gasteiger partial charge on any atom is -0.450 e. The summed E-state index contributed by atoms with van der Waals surface area (Å²) in [6.45, 7) is 13.3. The van der Waals surface area contributed by atoms with Gasteiger partial charge < -0.3 is 4.74 Å². The van der Waals surface area contributed by atoms with E-state index in [9.17, 15) is 4.79 Å². The summed E-state index contributed by atoms with van der Waals surface area (Å²) < 4.78 is 5.84. The first-order chi connectivity index (χ1) is 9.72. The molecule has 1 aliphatic heterocycles. The Bertz CT molecular complexity index is 334. The third kappa shape index (κ3) is 6.05. The van der Waals surface area contributed by atoms with Crippen LogP contribution in [0.25, 0.3) is 0 Å². The van der Waals surface area contributed by atoms with Gasteiger partial charge in [0.1, 0.15) is 0 Å². The molecule has 0 radical (unpaired) electrons. The van der Waals surface area contributed by atoms with Gasteiger partial charge in [-0.1, -0.05) is 54.4 Å². The molecule has 2 unspecified atom stereocenters. The number of esters is 1. The molecule has 0 aromatic rings. The highest BCUT2D eigenvalue weighted by Gasteiger charge is 2.39. The number of ether oxygens (including phenoxy) is 1. The number of rotatable bonds is 7. The Morgan fingerprint density at radius 3 is 2.33 bits per heavy atom. The van der Waals surface area contributed by atoms with E-state index in [0.29, 0.717) is 0 Å². The molecule has 2 nitrogen and oxygen atoms in total. The molecule has 1 heterocycles. The van der Waals surface area contributed by atoms with Gasteiger partial charge in [-0.25, -0.2) is 0 Å². The highest BCUT2D eigenvalue weighted by atomic mass is 32.2. The van der Waals surface area contributed by atoms with Crippen LogP contribution in [0.1, 0.15) is 60.8 Å². The summed E-state index contributed by atoms with van der Waals surface area (Å²) in [7, 11) is 0. The van der Waals surface area contributed by atoms with Gasteiger partial charge in [0.05, 0.1) is 5.92 Å². The minimum absolute atomic E-state index is 0.00397. The van der Waals surface area contributed by atoms with Crippen LogP contribution < -0.4 is 0 Å². The quantitative estimate of drug-likeness (QED) is 0.597. The molecule has 0 spiro atoms. The normalized spacial score (nSPS) is 21.9. The second kappa shape index (κ2) is 8.14. The van der Waals surface area contributed by atoms with E-state index in [1.165, 1.54) is 5.75 Å². The third-order valence-corrected chi connectivity index (χ3v) is 7.46. The monoisotopic (exact) mass is 332 g/mol. The highest BCUT2D eigenvalue weighted by molar-refractivity contribution is 8.06. The maximum absolute atomic E-state index is 12.8. The molecule has 0 saturated carbocycles. The average molecular weight is 333 g/mol. The van der Waals surface area contributed by atoms with E-state index in [2.05, 4.69) is 41.5 Å². The van der Waals surface area contributed by atoms with E-state index in [1.807, 2.05) is 11.8 Å². The van der Waals surface area contributed by atoms with Crippen molar-refractivity contribution >= 4 is 29.5 Å². The number of hydrogen-bond acceptors (Lipinski definition) is 4. The van der Waals surface area contributed by atoms with Crippen molar-refractivity contribution in [3.63, 3.8) is 0 Å². The van der Waals surface area contributed by atoms with Gasteiger partial charge in [0.15, 0.2) is 5.44 Å². The zero-order valence-electron chi connectivity index (χ0n) is 14.5. The molecule has 0 bridgehead atoms. The van der Waals surface area contributed by atoms with E-state index in [4.69, 9.17) is 4.74 Å². The summed E-state index contributed by atoms with van der Waals surface area (Å²) in [6.07, 6.45) is 3.00. The molecular formula is C17H32O2S2. The molecule has 0 aromatic carbocycles. The van der Waals surface area contributed by atoms with Crippen LogP contribution in [0.3, 0.4) is 0 Å². The first-order valence-corrected chi connectivity index (χ1v) is 10.3. The summed E-state index contributed by atoms with van der Waals surface area (Å²) in [5.41, 5.74) is 0.233. The zero-order valence-corrected chi connectivity index (χ0v) is 16.2. The van der Waals surface area contributed by atoms with Crippen molar-refractivity contribution in [3.05, 3.63) is 0 Å². The lowest BCUT2D eigenvalue weighted by molar-refractivity contribution is -0.155. The molecule has 2 atom stereocenters. The average Bonchev–Trinajstić information content (AvgIpc) is 2.45. The molecule has 0 amide bonds. The van der Waals surface area contributed by atoms with Crippen LogP contribution in [0, 0.1) is 16.7 Å². The van der Waals surface area contributed by atoms with Crippen LogP contribution in [-0.4, -0.2) is 28.7 Å². The second-order valence-corrected chi connectivity index (χ2v) is 9.85. The van der Waals surface area contributed by atoms with Crippen LogP contribution in [0.5, 0.6) is 0 Å². The lowest BCUT2D eigenvalue weighted by atomic mass is 9.68. The van der Waals surface area contributed by atoms with Crippen molar-refractivity contribution in [2.24, 2.45) is 16.7 Å². The third-order valence-electron chi connectivity index (χ3n) is 4.89. The topological polar surface area (TPSA) is 26.3 Å². The molecule has 0 N–H and O–H groups in total. The Hall–Kier alpha value is 0.170. The fourth-order valence-corrected chi connectivity index (χ4v) is 4.75. The van der Waals surface area contributed by atoms with E-state index < -0.39 is 0 Å². The number of carbonyl (C=O) groups is 1. The van der Waals surface area contributed by atoms with Gasteiger partial charge in [-0.2, -0.15) is 11.8 Å². The number of thioether (sulfide) groups is 2. The van der Waals surface area contributed by atoms with Gasteiger partial charge in [0, 0.05) is 17.3 Å². The minimum atomic E-state index is -0.00928. The highest BCUT2D eigenvalue weighted by Crippen LogP contribution is 2.41. The Balaban J connectivity index is 2.77. The lowest BCUT2D eigenvalue weighted by Gasteiger charge is -2.38. The SMILES string of the molecule is CCC(C)(C)CC(C(=O)OC1CSCCS1)C(C)(C)CC. The smallest absolute Gasteiger partial charge is 0.310 e. The maximum Gasteiger partial charge on any atom is 0.310 e. The molecule has 4 heteroatoms. The molecule has 0 aliphatic carbocycles. The fourth-order valence-electron chi connectivity index (χ4n) is 2.37. The van der Waals surface area contributed by atoms with Gasteiger partial charge in [-0.15, -0.1) is 11.8 Å². The van der Waals surface area contributed by atoms with Gasteiger partial charge in [-0.05, 0) is 17.3 Å². The Morgan fingerprint density at radius 1 is 1.19 bits per heavy atom. The number of carbonyl (C=O) groups excluding carboxylic acids is 1. The van der Waals surface area contributed by atoms with E-state index in [-0.39, 0.29) is 28.2 Å². The first kappa shape index (κ1) is 19.2. The van der Waals surface area contributed by atoms with Crippen LogP contribution in [0.15, 0.2) is 0 Å².